The third kappa shape index (κ3) is 1.68. The highest BCUT2D eigenvalue weighted by Crippen LogP contribution is 2.22. The van der Waals surface area contributed by atoms with Crippen molar-refractivity contribution in [3.8, 4) is 0 Å². The van der Waals surface area contributed by atoms with Gasteiger partial charge in [0.25, 0.3) is 5.69 Å². The lowest BCUT2D eigenvalue weighted by molar-refractivity contribution is -0.385. The van der Waals surface area contributed by atoms with E-state index in [1.165, 1.54) is 6.92 Å². The summed E-state index contributed by atoms with van der Waals surface area (Å²) >= 11 is 0. The molecule has 14 heavy (non-hydrogen) atoms. The van der Waals surface area contributed by atoms with E-state index in [9.17, 15) is 19.3 Å². The van der Waals surface area contributed by atoms with Crippen molar-refractivity contribution in [2.75, 3.05) is 0 Å². The molecule has 0 unspecified atom stereocenters. The van der Waals surface area contributed by atoms with Crippen LogP contribution in [0.25, 0.3) is 0 Å². The predicted octanol–water partition coefficient (Wildman–Crippen LogP) is 1.14. The van der Waals surface area contributed by atoms with Crippen LogP contribution in [0.15, 0.2) is 12.1 Å². The summed E-state index contributed by atoms with van der Waals surface area (Å²) < 4.78 is 12.8. The van der Waals surface area contributed by atoms with Crippen LogP contribution in [-0.2, 0) is 0 Å². The molecule has 0 spiro atoms. The molecule has 5 nitrogen and oxygen atoms in total. The molecule has 1 aromatic rings. The number of nitro benzene ring substituents is 1. The zero-order valence-corrected chi connectivity index (χ0v) is 7.28. The van der Waals surface area contributed by atoms with Crippen LogP contribution in [0.5, 0.6) is 0 Å². The summed E-state index contributed by atoms with van der Waals surface area (Å²) in [6, 6.07) is 1.63. The van der Waals surface area contributed by atoms with E-state index in [1.807, 2.05) is 0 Å². The second-order valence-corrected chi connectivity index (χ2v) is 2.72. The molecule has 0 saturated carbocycles. The van der Waals surface area contributed by atoms with Gasteiger partial charge in [0.1, 0.15) is 5.82 Å². The third-order valence-corrected chi connectivity index (χ3v) is 1.81. The van der Waals surface area contributed by atoms with E-state index in [2.05, 4.69) is 0 Å². The van der Waals surface area contributed by atoms with E-state index in [0.717, 1.165) is 12.1 Å². The molecule has 0 aliphatic carbocycles. The van der Waals surface area contributed by atoms with Crippen molar-refractivity contribution in [2.45, 2.75) is 6.92 Å². The summed E-state index contributed by atoms with van der Waals surface area (Å²) in [5.74, 6) is -1.73. The maximum Gasteiger partial charge on any atom is 0.276 e. The fourth-order valence-electron chi connectivity index (χ4n) is 1.11. The monoisotopic (exact) mass is 198 g/mol. The predicted molar refractivity (Wildman–Crippen MR) is 46.3 cm³/mol. The van der Waals surface area contributed by atoms with Crippen molar-refractivity contribution in [2.24, 2.45) is 5.73 Å². The van der Waals surface area contributed by atoms with E-state index in [4.69, 9.17) is 5.73 Å². The lowest BCUT2D eigenvalue weighted by atomic mass is 10.1. The van der Waals surface area contributed by atoms with Gasteiger partial charge in [-0.25, -0.2) is 4.39 Å². The Morgan fingerprint density at radius 3 is 2.57 bits per heavy atom. The van der Waals surface area contributed by atoms with E-state index >= 15 is 0 Å². The molecule has 74 valence electrons. The molecule has 1 amide bonds. The molecule has 1 rings (SSSR count). The number of carbonyl (C=O) groups excluding carboxylic acids is 1. The average Bonchev–Trinajstić information content (AvgIpc) is 2.07. The zero-order chi connectivity index (χ0) is 10.9. The van der Waals surface area contributed by atoms with Gasteiger partial charge in [0, 0.05) is 5.56 Å². The van der Waals surface area contributed by atoms with Crippen LogP contribution in [0.3, 0.4) is 0 Å². The minimum absolute atomic E-state index is 0.0731. The van der Waals surface area contributed by atoms with Crippen LogP contribution in [0.2, 0.25) is 0 Å². The number of halogens is 1. The second-order valence-electron chi connectivity index (χ2n) is 2.72. The smallest absolute Gasteiger partial charge is 0.276 e. The first-order chi connectivity index (χ1) is 6.43. The van der Waals surface area contributed by atoms with Gasteiger partial charge in [-0.05, 0) is 13.0 Å². The number of nitrogens with zero attached hydrogens (tertiary/aromatic N) is 1. The minimum Gasteiger partial charge on any atom is -0.366 e. The fraction of sp³-hybridized carbons (Fsp3) is 0.125. The summed E-state index contributed by atoms with van der Waals surface area (Å²) in [4.78, 5) is 20.5. The van der Waals surface area contributed by atoms with Crippen molar-refractivity contribution < 1.29 is 14.1 Å². The lowest BCUT2D eigenvalue weighted by Gasteiger charge is -2.02. The van der Waals surface area contributed by atoms with E-state index in [1.54, 1.807) is 0 Å². The number of hydrogen-bond acceptors (Lipinski definition) is 3. The Morgan fingerprint density at radius 2 is 2.14 bits per heavy atom. The highest BCUT2D eigenvalue weighted by Gasteiger charge is 2.18. The average molecular weight is 198 g/mol. The standard InChI is InChI=1S/C8H7FN2O3/c1-4-6(8(10)12)2-5(9)3-7(4)11(13)14/h2-3H,1H3,(H2,10,12). The van der Waals surface area contributed by atoms with Gasteiger partial charge in [0.15, 0.2) is 0 Å². The Bertz CT molecular complexity index is 382. The summed E-state index contributed by atoms with van der Waals surface area (Å²) in [5, 5.41) is 10.4. The van der Waals surface area contributed by atoms with Crippen LogP contribution in [-0.4, -0.2) is 10.8 Å². The van der Waals surface area contributed by atoms with Crippen LogP contribution < -0.4 is 5.73 Å². The lowest BCUT2D eigenvalue weighted by Crippen LogP contribution is -2.14. The summed E-state index contributed by atoms with van der Waals surface area (Å²) in [5.41, 5.74) is 4.38. The van der Waals surface area contributed by atoms with Gasteiger partial charge in [0.2, 0.25) is 5.91 Å². The molecular weight excluding hydrogens is 191 g/mol. The summed E-state index contributed by atoms with van der Waals surface area (Å²) in [6.45, 7) is 1.34. The van der Waals surface area contributed by atoms with Gasteiger partial charge in [-0.1, -0.05) is 0 Å². The number of benzene rings is 1. The van der Waals surface area contributed by atoms with Crippen LogP contribution >= 0.6 is 0 Å². The molecule has 0 heterocycles. The molecule has 0 radical (unpaired) electrons. The molecule has 2 N–H and O–H groups in total. The van der Waals surface area contributed by atoms with Crippen LogP contribution in [0.1, 0.15) is 15.9 Å². The van der Waals surface area contributed by atoms with Crippen LogP contribution in [0.4, 0.5) is 10.1 Å². The molecule has 0 aliphatic rings. The SMILES string of the molecule is Cc1c(C(N)=O)cc(F)cc1[N+](=O)[O-]. The van der Waals surface area contributed by atoms with Gasteiger partial charge in [-0.2, -0.15) is 0 Å². The van der Waals surface area contributed by atoms with E-state index < -0.39 is 22.3 Å². The molecule has 0 aliphatic heterocycles. The molecule has 0 atom stereocenters. The van der Waals surface area contributed by atoms with E-state index in [-0.39, 0.29) is 11.1 Å². The number of primary amides is 1. The van der Waals surface area contributed by atoms with Gasteiger partial charge >= 0.3 is 0 Å². The minimum atomic E-state index is -0.884. The molecular formula is C8H7FN2O3. The highest BCUT2D eigenvalue weighted by molar-refractivity contribution is 5.95. The first kappa shape index (κ1) is 10.1. The van der Waals surface area contributed by atoms with Crippen LogP contribution in [0, 0.1) is 22.9 Å². The van der Waals surface area contributed by atoms with Gasteiger partial charge in [-0.15, -0.1) is 0 Å². The quantitative estimate of drug-likeness (QED) is 0.571. The highest BCUT2D eigenvalue weighted by atomic mass is 19.1. The first-order valence-electron chi connectivity index (χ1n) is 3.68. The van der Waals surface area contributed by atoms with Gasteiger partial charge < -0.3 is 5.73 Å². The van der Waals surface area contributed by atoms with Gasteiger partial charge in [-0.3, -0.25) is 14.9 Å². The topological polar surface area (TPSA) is 86.2 Å². The van der Waals surface area contributed by atoms with Crippen molar-refractivity contribution in [1.29, 1.82) is 0 Å². The summed E-state index contributed by atoms with van der Waals surface area (Å²) in [6.07, 6.45) is 0. The van der Waals surface area contributed by atoms with E-state index in [0.29, 0.717) is 0 Å². The Labute approximate surface area is 78.5 Å². The summed E-state index contributed by atoms with van der Waals surface area (Å²) in [7, 11) is 0. The van der Waals surface area contributed by atoms with Crippen molar-refractivity contribution in [1.82, 2.24) is 0 Å². The second kappa shape index (κ2) is 3.41. The number of nitrogens with two attached hydrogens (primary N) is 1. The number of nitro groups is 1. The Morgan fingerprint density at radius 1 is 1.57 bits per heavy atom. The van der Waals surface area contributed by atoms with Gasteiger partial charge in [0.05, 0.1) is 16.6 Å². The maximum absolute atomic E-state index is 12.8. The number of rotatable bonds is 2. The molecule has 0 bridgehead atoms. The van der Waals surface area contributed by atoms with Crippen molar-refractivity contribution in [3.05, 3.63) is 39.2 Å². The molecule has 0 aromatic heterocycles. The largest absolute Gasteiger partial charge is 0.366 e. The Kier molecular flexibility index (Phi) is 2.46. The molecule has 6 heteroatoms. The van der Waals surface area contributed by atoms with Crippen molar-refractivity contribution >= 4 is 11.6 Å². The fourth-order valence-corrected chi connectivity index (χ4v) is 1.11. The number of carbonyl (C=O) groups is 1. The Balaban J connectivity index is 3.47. The maximum atomic E-state index is 12.8. The molecule has 1 aromatic carbocycles. The number of amides is 1. The van der Waals surface area contributed by atoms with Crippen molar-refractivity contribution in [3.63, 3.8) is 0 Å². The normalized spacial score (nSPS) is 9.86. The third-order valence-electron chi connectivity index (χ3n) is 1.81. The first-order valence-corrected chi connectivity index (χ1v) is 3.68. The number of hydrogen-bond donors (Lipinski definition) is 1. The molecule has 0 fully saturated rings. The Hall–Kier alpha value is -1.98. The zero-order valence-electron chi connectivity index (χ0n) is 7.28. The molecule has 0 saturated heterocycles.